The third kappa shape index (κ3) is 4.63. The molecule has 0 bridgehead atoms. The van der Waals surface area contributed by atoms with Gasteiger partial charge in [0.05, 0.1) is 12.0 Å². The summed E-state index contributed by atoms with van der Waals surface area (Å²) in [4.78, 5) is 0. The van der Waals surface area contributed by atoms with E-state index in [1.54, 1.807) is 6.92 Å². The zero-order valence-electron chi connectivity index (χ0n) is 17.2. The van der Waals surface area contributed by atoms with Gasteiger partial charge in [0.2, 0.25) is 0 Å². The van der Waals surface area contributed by atoms with Crippen LogP contribution in [-0.2, 0) is 5.60 Å². The molecule has 1 aromatic carbocycles. The summed E-state index contributed by atoms with van der Waals surface area (Å²) in [7, 11) is 0. The zero-order valence-corrected chi connectivity index (χ0v) is 17.2. The molecule has 2 atom stereocenters. The van der Waals surface area contributed by atoms with Crippen molar-refractivity contribution < 1.29 is 62.2 Å². The number of halogens is 13. The average molecular weight is 510 g/mol. The van der Waals surface area contributed by atoms with E-state index in [9.17, 15) is 62.2 Å². The van der Waals surface area contributed by atoms with Crippen molar-refractivity contribution in [3.05, 3.63) is 35.4 Å². The minimum absolute atomic E-state index is 0.102. The Bertz CT molecular complexity index is 827. The third-order valence-corrected chi connectivity index (χ3v) is 5.25. The van der Waals surface area contributed by atoms with Crippen molar-refractivity contribution in [2.75, 3.05) is 0 Å². The number of alkyl halides is 13. The van der Waals surface area contributed by atoms with Crippen molar-refractivity contribution in [2.45, 2.75) is 80.9 Å². The number of rotatable bonds is 9. The van der Waals surface area contributed by atoms with Gasteiger partial charge in [0.1, 0.15) is 0 Å². The molecule has 0 aromatic heterocycles. The molecule has 0 saturated heterocycles. The Kier molecular flexibility index (Phi) is 7.54. The maximum atomic E-state index is 14.3. The number of hydrogen-bond donors (Lipinski definition) is 1. The van der Waals surface area contributed by atoms with Gasteiger partial charge >= 0.3 is 35.8 Å². The Morgan fingerprint density at radius 1 is 0.727 bits per heavy atom. The monoisotopic (exact) mass is 510 g/mol. The van der Waals surface area contributed by atoms with Gasteiger partial charge in [-0.25, -0.2) is 0 Å². The SMILES string of the molecule is CCC(C)c1ccccc1C(C)(O)CC(F)(F)C(F)(F)C(F)(F)C(F)(F)C(F)(F)C(F)(F)F. The first kappa shape index (κ1) is 29.3. The van der Waals surface area contributed by atoms with E-state index in [0.29, 0.717) is 13.3 Å². The largest absolute Gasteiger partial charge is 0.460 e. The maximum Gasteiger partial charge on any atom is 0.460 e. The molecule has 14 heteroatoms. The number of hydrogen-bond acceptors (Lipinski definition) is 1. The molecule has 1 rings (SSSR count). The molecular weight excluding hydrogens is 491 g/mol. The third-order valence-electron chi connectivity index (χ3n) is 5.25. The topological polar surface area (TPSA) is 20.2 Å². The summed E-state index contributed by atoms with van der Waals surface area (Å²) in [5.74, 6) is -37.9. The van der Waals surface area contributed by atoms with Gasteiger partial charge < -0.3 is 5.11 Å². The Balaban J connectivity index is 3.53. The van der Waals surface area contributed by atoms with Gasteiger partial charge in [0.25, 0.3) is 0 Å². The fourth-order valence-corrected chi connectivity index (χ4v) is 3.08. The molecule has 33 heavy (non-hydrogen) atoms. The molecule has 0 heterocycles. The summed E-state index contributed by atoms with van der Waals surface area (Å²) in [6, 6.07) is 4.75. The molecule has 0 aliphatic rings. The predicted octanol–water partition coefficient (Wildman–Crippen LogP) is 7.54. The van der Waals surface area contributed by atoms with Crippen LogP contribution in [-0.4, -0.2) is 40.9 Å². The molecule has 0 spiro atoms. The van der Waals surface area contributed by atoms with Crippen molar-refractivity contribution in [2.24, 2.45) is 0 Å². The van der Waals surface area contributed by atoms with Crippen LogP contribution in [0.2, 0.25) is 0 Å². The highest BCUT2D eigenvalue weighted by Gasteiger charge is 2.90. The molecule has 1 N–H and O–H groups in total. The van der Waals surface area contributed by atoms with Crippen LogP contribution in [0, 0.1) is 0 Å². The van der Waals surface area contributed by atoms with Crippen LogP contribution in [0.25, 0.3) is 0 Å². The van der Waals surface area contributed by atoms with E-state index in [0.717, 1.165) is 12.1 Å². The molecule has 1 nitrogen and oxygen atoms in total. The second kappa shape index (κ2) is 8.49. The Morgan fingerprint density at radius 2 is 1.15 bits per heavy atom. The molecular formula is C19H19F13O. The van der Waals surface area contributed by atoms with Crippen molar-refractivity contribution in [1.82, 2.24) is 0 Å². The van der Waals surface area contributed by atoms with Crippen LogP contribution in [0.4, 0.5) is 57.1 Å². The molecule has 1 aromatic rings. The van der Waals surface area contributed by atoms with Crippen LogP contribution in [0.1, 0.15) is 50.7 Å². The Morgan fingerprint density at radius 3 is 1.58 bits per heavy atom. The molecule has 0 saturated carbocycles. The maximum absolute atomic E-state index is 14.3. The van der Waals surface area contributed by atoms with Crippen molar-refractivity contribution in [1.29, 1.82) is 0 Å². The van der Waals surface area contributed by atoms with Gasteiger partial charge in [-0.05, 0) is 30.4 Å². The van der Waals surface area contributed by atoms with Crippen LogP contribution in [0.3, 0.4) is 0 Å². The minimum atomic E-state index is -7.97. The van der Waals surface area contributed by atoms with Gasteiger partial charge in [-0.3, -0.25) is 0 Å². The summed E-state index contributed by atoms with van der Waals surface area (Å²) in [5, 5.41) is 10.4. The molecule has 2 unspecified atom stereocenters. The van der Waals surface area contributed by atoms with Crippen LogP contribution in [0.5, 0.6) is 0 Å². The minimum Gasteiger partial charge on any atom is -0.385 e. The van der Waals surface area contributed by atoms with E-state index in [1.807, 2.05) is 0 Å². The van der Waals surface area contributed by atoms with Gasteiger partial charge in [0.15, 0.2) is 0 Å². The highest BCUT2D eigenvalue weighted by atomic mass is 19.4. The zero-order chi connectivity index (χ0) is 26.5. The van der Waals surface area contributed by atoms with Gasteiger partial charge in [0, 0.05) is 0 Å². The summed E-state index contributed by atoms with van der Waals surface area (Å²) in [6.45, 7) is 3.59. The van der Waals surface area contributed by atoms with Crippen molar-refractivity contribution in [3.8, 4) is 0 Å². The van der Waals surface area contributed by atoms with Crippen LogP contribution in [0.15, 0.2) is 24.3 Å². The lowest BCUT2D eigenvalue weighted by atomic mass is 9.80. The lowest BCUT2D eigenvalue weighted by molar-refractivity contribution is -0.441. The molecule has 0 aliphatic heterocycles. The standard InChI is InChI=1S/C19H19F13O/c1-4-10(2)11-7-5-6-8-12(11)13(3,33)9-14(20,21)15(22,23)16(24,25)17(26,27)18(28,29)19(30,31)32/h5-8,10,33H,4,9H2,1-3H3. The lowest BCUT2D eigenvalue weighted by Gasteiger charge is -2.41. The van der Waals surface area contributed by atoms with Gasteiger partial charge in [-0.2, -0.15) is 57.1 Å². The van der Waals surface area contributed by atoms with E-state index < -0.39 is 59.3 Å². The molecule has 0 aliphatic carbocycles. The molecule has 0 amide bonds. The van der Waals surface area contributed by atoms with E-state index >= 15 is 0 Å². The highest BCUT2D eigenvalue weighted by molar-refractivity contribution is 5.35. The van der Waals surface area contributed by atoms with Gasteiger partial charge in [-0.1, -0.05) is 38.1 Å². The van der Waals surface area contributed by atoms with E-state index in [2.05, 4.69) is 0 Å². The molecule has 0 radical (unpaired) electrons. The molecule has 192 valence electrons. The second-order valence-electron chi connectivity index (χ2n) is 7.85. The lowest BCUT2D eigenvalue weighted by Crippen LogP contribution is -2.70. The van der Waals surface area contributed by atoms with Crippen molar-refractivity contribution >= 4 is 0 Å². The van der Waals surface area contributed by atoms with Crippen molar-refractivity contribution in [3.63, 3.8) is 0 Å². The van der Waals surface area contributed by atoms with Crippen LogP contribution < -0.4 is 0 Å². The first-order valence-corrected chi connectivity index (χ1v) is 9.20. The van der Waals surface area contributed by atoms with Crippen LogP contribution >= 0.6 is 0 Å². The normalized spacial score (nSPS) is 17.6. The summed E-state index contributed by atoms with van der Waals surface area (Å²) < 4.78 is 173. The van der Waals surface area contributed by atoms with E-state index in [4.69, 9.17) is 0 Å². The number of benzene rings is 1. The smallest absolute Gasteiger partial charge is 0.385 e. The number of aliphatic hydroxyl groups is 1. The Labute approximate surface area is 179 Å². The quantitative estimate of drug-likeness (QED) is 0.341. The van der Waals surface area contributed by atoms with E-state index in [-0.39, 0.29) is 5.56 Å². The second-order valence-corrected chi connectivity index (χ2v) is 7.85. The average Bonchev–Trinajstić information content (AvgIpc) is 2.65. The molecule has 0 fully saturated rings. The Hall–Kier alpha value is -1.73. The summed E-state index contributed by atoms with van der Waals surface area (Å²) in [6.07, 6.45) is -9.84. The predicted molar refractivity (Wildman–Crippen MR) is 90.1 cm³/mol. The first-order chi connectivity index (χ1) is 14.4. The first-order valence-electron chi connectivity index (χ1n) is 9.20. The summed E-state index contributed by atoms with van der Waals surface area (Å²) >= 11 is 0. The highest BCUT2D eigenvalue weighted by Crippen LogP contribution is 2.61. The van der Waals surface area contributed by atoms with E-state index in [1.165, 1.54) is 19.1 Å². The fraction of sp³-hybridized carbons (Fsp3) is 0.684. The van der Waals surface area contributed by atoms with Gasteiger partial charge in [-0.15, -0.1) is 0 Å². The fourth-order valence-electron chi connectivity index (χ4n) is 3.08. The summed E-state index contributed by atoms with van der Waals surface area (Å²) in [5.41, 5.74) is -3.49.